The molecule has 0 N–H and O–H groups in total. The van der Waals surface area contributed by atoms with Crippen LogP contribution in [0.3, 0.4) is 0 Å². The average Bonchev–Trinajstić information content (AvgIpc) is 1.67. The lowest BCUT2D eigenvalue weighted by Crippen LogP contribution is -2.33. The van der Waals surface area contributed by atoms with Crippen LogP contribution in [0.1, 0.15) is 0 Å². The molecule has 4 heteroatoms. The summed E-state index contributed by atoms with van der Waals surface area (Å²) < 4.78 is 10.6. The molecule has 0 aliphatic rings. The summed E-state index contributed by atoms with van der Waals surface area (Å²) in [5.41, 5.74) is 0. The fraction of sp³-hybridized carbons (Fsp3) is 1.00. The lowest BCUT2D eigenvalue weighted by Gasteiger charge is -2.18. The van der Waals surface area contributed by atoms with E-state index in [9.17, 15) is 0 Å². The quantitative estimate of drug-likeness (QED) is 0.545. The Morgan fingerprint density at radius 2 is 1.88 bits per heavy atom. The second kappa shape index (κ2) is 3.39. The van der Waals surface area contributed by atoms with Gasteiger partial charge in [0.15, 0.2) is 0 Å². The fourth-order valence-electron chi connectivity index (χ4n) is 0.407. The van der Waals surface area contributed by atoms with Crippen LogP contribution in [0.5, 0.6) is 0 Å². The Morgan fingerprint density at radius 1 is 1.38 bits per heavy atom. The topological polar surface area (TPSA) is 18.5 Å². The monoisotopic (exact) mass is 150 g/mol. The molecular formula is C4H14O2Si2. The normalized spacial score (nSPS) is 13.5. The minimum absolute atomic E-state index is 0.264. The Balaban J connectivity index is 3.37. The van der Waals surface area contributed by atoms with Gasteiger partial charge in [0.1, 0.15) is 9.76 Å². The molecule has 0 atom stereocenters. The first-order valence-electron chi connectivity index (χ1n) is 2.81. The van der Waals surface area contributed by atoms with Gasteiger partial charge in [0.25, 0.3) is 0 Å². The molecule has 0 aromatic heterocycles. The van der Waals surface area contributed by atoms with Gasteiger partial charge in [-0.3, -0.25) is 0 Å². The Bertz CT molecular complexity index is 65.1. The van der Waals surface area contributed by atoms with Crippen molar-refractivity contribution >= 4 is 18.3 Å². The van der Waals surface area contributed by atoms with Crippen molar-refractivity contribution in [2.75, 3.05) is 7.11 Å². The number of rotatable bonds is 3. The van der Waals surface area contributed by atoms with Crippen molar-refractivity contribution in [1.82, 2.24) is 0 Å². The molecule has 0 saturated carbocycles. The maximum absolute atomic E-state index is 5.43. The first-order valence-corrected chi connectivity index (χ1v) is 7.62. The Hall–Kier alpha value is 0.354. The van der Waals surface area contributed by atoms with Gasteiger partial charge < -0.3 is 8.54 Å². The van der Waals surface area contributed by atoms with Gasteiger partial charge in [-0.2, -0.15) is 0 Å². The van der Waals surface area contributed by atoms with Crippen LogP contribution >= 0.6 is 0 Å². The molecule has 0 heterocycles. The zero-order valence-corrected chi connectivity index (χ0v) is 8.44. The van der Waals surface area contributed by atoms with Gasteiger partial charge in [-0.25, -0.2) is 0 Å². The van der Waals surface area contributed by atoms with E-state index < -0.39 is 8.56 Å². The third kappa shape index (κ3) is 3.37. The molecule has 0 radical (unpaired) electrons. The van der Waals surface area contributed by atoms with Crippen molar-refractivity contribution in [3.63, 3.8) is 0 Å². The largest absolute Gasteiger partial charge is 0.442 e. The van der Waals surface area contributed by atoms with Crippen molar-refractivity contribution in [3.8, 4) is 0 Å². The molecule has 2 nitrogen and oxygen atoms in total. The maximum atomic E-state index is 5.43. The van der Waals surface area contributed by atoms with Crippen molar-refractivity contribution in [2.24, 2.45) is 0 Å². The smallest absolute Gasteiger partial charge is 0.320 e. The zero-order chi connectivity index (χ0) is 6.62. The number of hydrogen-bond donors (Lipinski definition) is 0. The zero-order valence-electron chi connectivity index (χ0n) is 6.02. The van der Waals surface area contributed by atoms with E-state index in [4.69, 9.17) is 8.54 Å². The van der Waals surface area contributed by atoms with E-state index in [2.05, 4.69) is 19.6 Å². The lowest BCUT2D eigenvalue weighted by atomic mass is 11.8. The SMILES string of the molecule is CO[Si](C)(C)O[SiH2]C. The molecule has 0 aliphatic heterocycles. The summed E-state index contributed by atoms with van der Waals surface area (Å²) in [6.07, 6.45) is 0. The van der Waals surface area contributed by atoms with Crippen molar-refractivity contribution < 1.29 is 8.54 Å². The van der Waals surface area contributed by atoms with Crippen LogP contribution in [0.15, 0.2) is 0 Å². The van der Waals surface area contributed by atoms with Crippen molar-refractivity contribution in [2.45, 2.75) is 19.6 Å². The van der Waals surface area contributed by atoms with E-state index >= 15 is 0 Å². The Morgan fingerprint density at radius 3 is 2.00 bits per heavy atom. The molecule has 0 bridgehead atoms. The molecule has 8 heavy (non-hydrogen) atoms. The summed E-state index contributed by atoms with van der Waals surface area (Å²) in [6.45, 7) is 6.24. The second-order valence-electron chi connectivity index (χ2n) is 2.04. The fourth-order valence-corrected chi connectivity index (χ4v) is 3.66. The van der Waals surface area contributed by atoms with Crippen LogP contribution < -0.4 is 0 Å². The molecule has 0 aromatic carbocycles. The maximum Gasteiger partial charge on any atom is 0.320 e. The van der Waals surface area contributed by atoms with Gasteiger partial charge in [-0.05, 0) is 13.1 Å². The van der Waals surface area contributed by atoms with E-state index in [1.165, 1.54) is 0 Å². The molecule has 0 amide bonds. The molecule has 50 valence electrons. The molecule has 0 aliphatic carbocycles. The third-order valence-corrected chi connectivity index (χ3v) is 5.90. The first kappa shape index (κ1) is 8.35. The van der Waals surface area contributed by atoms with Crippen LogP contribution in [-0.4, -0.2) is 25.4 Å². The lowest BCUT2D eigenvalue weighted by molar-refractivity contribution is 0.321. The predicted octanol–water partition coefficient (Wildman–Crippen LogP) is 0.483. The molecular weight excluding hydrogens is 136 g/mol. The van der Waals surface area contributed by atoms with Gasteiger partial charge in [-0.1, -0.05) is 6.55 Å². The van der Waals surface area contributed by atoms with E-state index in [0.29, 0.717) is 0 Å². The van der Waals surface area contributed by atoms with E-state index in [1.807, 2.05) is 0 Å². The highest BCUT2D eigenvalue weighted by molar-refractivity contribution is 6.69. The van der Waals surface area contributed by atoms with Crippen LogP contribution in [0.4, 0.5) is 0 Å². The van der Waals surface area contributed by atoms with Crippen LogP contribution in [0.2, 0.25) is 19.6 Å². The summed E-state index contributed by atoms with van der Waals surface area (Å²) in [6, 6.07) is 0. The standard InChI is InChI=1S/C4H14O2Si2/c1-5-8(3,4)6-7-2/h7H2,1-4H3. The highest BCUT2D eigenvalue weighted by Crippen LogP contribution is 2.01. The molecule has 0 fully saturated rings. The van der Waals surface area contributed by atoms with Crippen LogP contribution in [-0.2, 0) is 8.54 Å². The molecule has 0 saturated heterocycles. The molecule has 0 rings (SSSR count). The summed E-state index contributed by atoms with van der Waals surface area (Å²) >= 11 is 0. The van der Waals surface area contributed by atoms with E-state index in [-0.39, 0.29) is 9.76 Å². The summed E-state index contributed by atoms with van der Waals surface area (Å²) in [5.74, 6) is 0. The Labute approximate surface area is 54.4 Å². The average molecular weight is 150 g/mol. The summed E-state index contributed by atoms with van der Waals surface area (Å²) in [5, 5.41) is 0. The van der Waals surface area contributed by atoms with Gasteiger partial charge in [-0.15, -0.1) is 0 Å². The molecule has 0 unspecified atom stereocenters. The minimum Gasteiger partial charge on any atom is -0.442 e. The number of hydrogen-bond acceptors (Lipinski definition) is 2. The molecule has 0 spiro atoms. The van der Waals surface area contributed by atoms with E-state index in [1.54, 1.807) is 7.11 Å². The highest BCUT2D eigenvalue weighted by Gasteiger charge is 2.19. The second-order valence-corrected chi connectivity index (χ2v) is 6.98. The highest BCUT2D eigenvalue weighted by atomic mass is 28.4. The predicted molar refractivity (Wildman–Crippen MR) is 40.0 cm³/mol. The van der Waals surface area contributed by atoms with Crippen molar-refractivity contribution in [3.05, 3.63) is 0 Å². The van der Waals surface area contributed by atoms with Crippen LogP contribution in [0, 0.1) is 0 Å². The first-order chi connectivity index (χ1) is 3.62. The van der Waals surface area contributed by atoms with Crippen molar-refractivity contribution in [1.29, 1.82) is 0 Å². The third-order valence-electron chi connectivity index (χ3n) is 0.984. The van der Waals surface area contributed by atoms with Gasteiger partial charge in [0.2, 0.25) is 0 Å². The van der Waals surface area contributed by atoms with Gasteiger partial charge in [0, 0.05) is 7.11 Å². The summed E-state index contributed by atoms with van der Waals surface area (Å²) in [7, 11) is -0.161. The Kier molecular flexibility index (Phi) is 3.54. The minimum atomic E-state index is -1.62. The van der Waals surface area contributed by atoms with E-state index in [0.717, 1.165) is 0 Å². The molecule has 0 aromatic rings. The van der Waals surface area contributed by atoms with Gasteiger partial charge in [0.05, 0.1) is 0 Å². The van der Waals surface area contributed by atoms with Gasteiger partial charge >= 0.3 is 8.56 Å². The summed E-state index contributed by atoms with van der Waals surface area (Å²) in [4.78, 5) is 0. The van der Waals surface area contributed by atoms with Crippen LogP contribution in [0.25, 0.3) is 0 Å².